The highest BCUT2D eigenvalue weighted by atomic mass is 32.1. The van der Waals surface area contributed by atoms with Gasteiger partial charge >= 0.3 is 0 Å². The first-order valence-corrected chi connectivity index (χ1v) is 12.1. The van der Waals surface area contributed by atoms with E-state index in [0.717, 1.165) is 65.8 Å². The van der Waals surface area contributed by atoms with E-state index in [1.54, 1.807) is 20.2 Å². The summed E-state index contributed by atoms with van der Waals surface area (Å²) in [6, 6.07) is 20.6. The maximum absolute atomic E-state index is 11.8. The van der Waals surface area contributed by atoms with Crippen LogP contribution in [0.5, 0.6) is 5.75 Å². The number of aromatic nitrogens is 2. The summed E-state index contributed by atoms with van der Waals surface area (Å²) in [7, 11) is 1.64. The Morgan fingerprint density at radius 2 is 1.91 bits per heavy atom. The summed E-state index contributed by atoms with van der Waals surface area (Å²) in [4.78, 5) is 26.4. The van der Waals surface area contributed by atoms with E-state index in [4.69, 9.17) is 9.73 Å². The maximum atomic E-state index is 11.8. The van der Waals surface area contributed by atoms with Crippen molar-refractivity contribution in [2.24, 2.45) is 4.99 Å². The summed E-state index contributed by atoms with van der Waals surface area (Å²) in [5, 5.41) is 4.48. The molecule has 1 aliphatic rings. The molecule has 4 heterocycles. The van der Waals surface area contributed by atoms with Gasteiger partial charge in [0.1, 0.15) is 12.4 Å². The number of benzene rings is 2. The molecular formula is C28H22N4O2S. The first kappa shape index (κ1) is 21.3. The lowest BCUT2D eigenvalue weighted by Gasteiger charge is -2.19. The molecule has 0 spiro atoms. The number of nitrogens with zero attached hydrogens (tertiary/aromatic N) is 2. The first-order chi connectivity index (χ1) is 17.1. The molecule has 0 amide bonds. The lowest BCUT2D eigenvalue weighted by Crippen LogP contribution is -2.17. The van der Waals surface area contributed by atoms with Gasteiger partial charge in [0.25, 0.3) is 0 Å². The summed E-state index contributed by atoms with van der Waals surface area (Å²) in [5.41, 5.74) is 8.10. The molecule has 7 heteroatoms. The topological polar surface area (TPSA) is 79.4 Å². The molecule has 3 aromatic heterocycles. The number of anilines is 1. The van der Waals surface area contributed by atoms with E-state index in [-0.39, 0.29) is 5.78 Å². The number of hydrogen-bond donors (Lipinski definition) is 2. The van der Waals surface area contributed by atoms with Gasteiger partial charge < -0.3 is 15.0 Å². The van der Waals surface area contributed by atoms with Gasteiger partial charge in [-0.3, -0.25) is 14.8 Å². The lowest BCUT2D eigenvalue weighted by molar-refractivity contribution is 0.102. The average Bonchev–Trinajstić information content (AvgIpc) is 3.56. The minimum absolute atomic E-state index is 0.0888. The molecule has 0 bridgehead atoms. The Labute approximate surface area is 206 Å². The fourth-order valence-electron chi connectivity index (χ4n) is 4.45. The van der Waals surface area contributed by atoms with Crippen LogP contribution in [0.25, 0.3) is 32.5 Å². The SMILES string of the molecule is COc1cncc(-c2ccc3c(c2)C(c2cc4c(-c5ccc(C(C)=O)s5)cccc4[nH]2)=NCN3)c1. The van der Waals surface area contributed by atoms with Gasteiger partial charge in [-0.1, -0.05) is 18.2 Å². The average molecular weight is 479 g/mol. The minimum Gasteiger partial charge on any atom is -0.495 e. The number of hydrogen-bond acceptors (Lipinski definition) is 6. The molecule has 5 aromatic rings. The second-order valence-corrected chi connectivity index (χ2v) is 9.47. The van der Waals surface area contributed by atoms with Gasteiger partial charge in [0.05, 0.1) is 29.6 Å². The second kappa shape index (κ2) is 8.52. The number of methoxy groups -OCH3 is 1. The number of fused-ring (bicyclic) bond motifs is 2. The normalized spacial score (nSPS) is 12.7. The molecule has 172 valence electrons. The van der Waals surface area contributed by atoms with Crippen LogP contribution in [0.15, 0.2) is 78.0 Å². The number of ketones is 1. The highest BCUT2D eigenvalue weighted by Gasteiger charge is 2.20. The predicted octanol–water partition coefficient (Wildman–Crippen LogP) is 6.39. The number of Topliss-reactive ketones (excluding diaryl/α,β-unsaturated/α-hetero) is 1. The Balaban J connectivity index is 1.44. The Hall–Kier alpha value is -4.23. The van der Waals surface area contributed by atoms with Crippen molar-refractivity contribution in [1.82, 2.24) is 9.97 Å². The van der Waals surface area contributed by atoms with Crippen LogP contribution in [-0.2, 0) is 0 Å². The zero-order valence-corrected chi connectivity index (χ0v) is 20.1. The molecule has 0 aliphatic carbocycles. The Morgan fingerprint density at radius 3 is 2.74 bits per heavy atom. The molecule has 0 atom stereocenters. The molecule has 0 unspecified atom stereocenters. The smallest absolute Gasteiger partial charge is 0.169 e. The fraction of sp³-hybridized carbons (Fsp3) is 0.107. The van der Waals surface area contributed by atoms with E-state index in [1.807, 2.05) is 30.5 Å². The number of H-pyrrole nitrogens is 1. The van der Waals surface area contributed by atoms with Crippen LogP contribution in [0.2, 0.25) is 0 Å². The van der Waals surface area contributed by atoms with Gasteiger partial charge in [-0.25, -0.2) is 0 Å². The molecule has 0 saturated heterocycles. The maximum Gasteiger partial charge on any atom is 0.169 e. The highest BCUT2D eigenvalue weighted by molar-refractivity contribution is 7.17. The molecule has 0 fully saturated rings. The zero-order valence-electron chi connectivity index (χ0n) is 19.3. The molecule has 1 aliphatic heterocycles. The van der Waals surface area contributed by atoms with Crippen molar-refractivity contribution in [3.05, 3.63) is 89.2 Å². The van der Waals surface area contributed by atoms with Gasteiger partial charge in [0, 0.05) is 44.4 Å². The summed E-state index contributed by atoms with van der Waals surface area (Å²) in [6.45, 7) is 2.12. The number of nitrogens with one attached hydrogen (secondary N) is 2. The fourth-order valence-corrected chi connectivity index (χ4v) is 5.39. The Morgan fingerprint density at radius 1 is 1.00 bits per heavy atom. The van der Waals surface area contributed by atoms with Gasteiger partial charge in [0.2, 0.25) is 0 Å². The number of carbonyl (C=O) groups excluding carboxylic acids is 1. The van der Waals surface area contributed by atoms with Gasteiger partial charge in [-0.05, 0) is 55.0 Å². The van der Waals surface area contributed by atoms with Crippen LogP contribution in [0, 0.1) is 0 Å². The van der Waals surface area contributed by atoms with Crippen molar-refractivity contribution >= 4 is 39.4 Å². The first-order valence-electron chi connectivity index (χ1n) is 11.3. The number of ether oxygens (including phenoxy) is 1. The number of rotatable bonds is 5. The lowest BCUT2D eigenvalue weighted by atomic mass is 9.97. The number of pyridine rings is 1. The number of carbonyl (C=O) groups is 1. The van der Waals surface area contributed by atoms with Crippen LogP contribution in [0.1, 0.15) is 27.9 Å². The third-order valence-corrected chi connectivity index (χ3v) is 7.42. The monoisotopic (exact) mass is 478 g/mol. The van der Waals surface area contributed by atoms with Crippen LogP contribution in [-0.4, -0.2) is 35.2 Å². The van der Waals surface area contributed by atoms with Crippen LogP contribution in [0.3, 0.4) is 0 Å². The van der Waals surface area contributed by atoms with E-state index >= 15 is 0 Å². The Kier molecular flexibility index (Phi) is 5.19. The van der Waals surface area contributed by atoms with Crippen molar-refractivity contribution in [2.75, 3.05) is 19.1 Å². The molecule has 35 heavy (non-hydrogen) atoms. The van der Waals surface area contributed by atoms with Crippen molar-refractivity contribution in [2.45, 2.75) is 6.92 Å². The molecular weight excluding hydrogens is 456 g/mol. The largest absolute Gasteiger partial charge is 0.495 e. The molecule has 6 rings (SSSR count). The second-order valence-electron chi connectivity index (χ2n) is 8.39. The van der Waals surface area contributed by atoms with Crippen molar-refractivity contribution < 1.29 is 9.53 Å². The van der Waals surface area contributed by atoms with Crippen molar-refractivity contribution in [3.63, 3.8) is 0 Å². The highest BCUT2D eigenvalue weighted by Crippen LogP contribution is 2.36. The molecule has 2 aromatic carbocycles. The van der Waals surface area contributed by atoms with E-state index < -0.39 is 0 Å². The van der Waals surface area contributed by atoms with Crippen LogP contribution >= 0.6 is 11.3 Å². The van der Waals surface area contributed by atoms with Crippen molar-refractivity contribution in [3.8, 4) is 27.3 Å². The quantitative estimate of drug-likeness (QED) is 0.287. The van der Waals surface area contributed by atoms with E-state index in [2.05, 4.69) is 51.7 Å². The zero-order chi connectivity index (χ0) is 23.9. The minimum atomic E-state index is 0.0888. The summed E-state index contributed by atoms with van der Waals surface area (Å²) in [6.07, 6.45) is 3.54. The van der Waals surface area contributed by atoms with Crippen molar-refractivity contribution in [1.29, 1.82) is 0 Å². The summed E-state index contributed by atoms with van der Waals surface area (Å²) < 4.78 is 5.35. The third-order valence-electron chi connectivity index (χ3n) is 6.20. The molecule has 0 radical (unpaired) electrons. The van der Waals surface area contributed by atoms with Gasteiger partial charge in [-0.15, -0.1) is 11.3 Å². The van der Waals surface area contributed by atoms with E-state index in [0.29, 0.717) is 6.67 Å². The van der Waals surface area contributed by atoms with Crippen LogP contribution < -0.4 is 10.1 Å². The molecule has 6 nitrogen and oxygen atoms in total. The number of aliphatic imine (C=N–C) groups is 1. The Bertz CT molecular complexity index is 1630. The van der Waals surface area contributed by atoms with Gasteiger partial charge in [-0.2, -0.15) is 0 Å². The standard InChI is InChI=1S/C28H22N4O2S/c1-16(33)26-8-9-27(35-26)20-4-3-5-24-21(20)12-25(32-24)28-22-11-17(6-7-23(22)30-15-31-28)18-10-19(34-2)14-29-13-18/h3-14,30,32H,15H2,1-2H3. The molecule has 2 N–H and O–H groups in total. The number of thiophene rings is 1. The van der Waals surface area contributed by atoms with Crippen LogP contribution in [0.4, 0.5) is 5.69 Å². The summed E-state index contributed by atoms with van der Waals surface area (Å²) in [5.74, 6) is 0.808. The van der Waals surface area contributed by atoms with Gasteiger partial charge in [0.15, 0.2) is 5.78 Å². The number of aromatic amines is 1. The molecule has 0 saturated carbocycles. The predicted molar refractivity (Wildman–Crippen MR) is 142 cm³/mol. The van der Waals surface area contributed by atoms with E-state index in [1.165, 1.54) is 11.3 Å². The van der Waals surface area contributed by atoms with E-state index in [9.17, 15) is 4.79 Å². The summed E-state index contributed by atoms with van der Waals surface area (Å²) >= 11 is 1.53. The third kappa shape index (κ3) is 3.80.